The second-order valence-corrected chi connectivity index (χ2v) is 7.29. The average molecular weight is 315 g/mol. The summed E-state index contributed by atoms with van der Waals surface area (Å²) in [6, 6.07) is 3.41. The molecule has 1 aliphatic carbocycles. The summed E-state index contributed by atoms with van der Waals surface area (Å²) in [5, 5.41) is 11.2. The van der Waals surface area contributed by atoms with Gasteiger partial charge in [0.25, 0.3) is 0 Å². The number of amides is 1. The van der Waals surface area contributed by atoms with Gasteiger partial charge in [-0.25, -0.2) is 12.8 Å². The maximum Gasteiger partial charge on any atom is 0.307 e. The number of halogens is 1. The minimum Gasteiger partial charge on any atom is -0.481 e. The third-order valence-electron chi connectivity index (χ3n) is 3.19. The van der Waals surface area contributed by atoms with Gasteiger partial charge in [-0.1, -0.05) is 0 Å². The highest BCUT2D eigenvalue weighted by molar-refractivity contribution is 7.89. The molecule has 6 nitrogen and oxygen atoms in total. The number of hydrogen-bond acceptors (Lipinski definition) is 4. The average Bonchev–Trinajstić information content (AvgIpc) is 3.10. The molecule has 0 heterocycles. The molecule has 8 heteroatoms. The van der Waals surface area contributed by atoms with Crippen LogP contribution in [0.5, 0.6) is 0 Å². The second kappa shape index (κ2) is 5.44. The van der Waals surface area contributed by atoms with Crippen molar-refractivity contribution in [2.75, 3.05) is 11.6 Å². The minimum absolute atomic E-state index is 0.137. The van der Waals surface area contributed by atoms with Gasteiger partial charge in [-0.15, -0.1) is 0 Å². The van der Waals surface area contributed by atoms with E-state index in [4.69, 9.17) is 5.11 Å². The quantitative estimate of drug-likeness (QED) is 0.845. The Morgan fingerprint density at radius 3 is 2.57 bits per heavy atom. The highest BCUT2D eigenvalue weighted by Gasteiger charge is 2.48. The number of nitrogens with one attached hydrogen (secondary N) is 1. The highest BCUT2D eigenvalue weighted by atomic mass is 32.2. The van der Waals surface area contributed by atoms with Crippen molar-refractivity contribution in [1.29, 1.82) is 0 Å². The molecule has 1 aromatic rings. The molecule has 1 fully saturated rings. The molecule has 0 radical (unpaired) electrons. The third kappa shape index (κ3) is 4.01. The Hall–Kier alpha value is -1.96. The number of aliphatic carboxylic acids is 1. The maximum atomic E-state index is 13.2. The van der Waals surface area contributed by atoms with Gasteiger partial charge >= 0.3 is 5.97 Å². The van der Waals surface area contributed by atoms with Gasteiger partial charge < -0.3 is 10.4 Å². The zero-order valence-corrected chi connectivity index (χ0v) is 12.0. The lowest BCUT2D eigenvalue weighted by atomic mass is 10.2. The summed E-state index contributed by atoms with van der Waals surface area (Å²) in [7, 11) is -3.39. The fraction of sp³-hybridized carbons (Fsp3) is 0.385. The van der Waals surface area contributed by atoms with Crippen molar-refractivity contribution in [3.63, 3.8) is 0 Å². The normalized spacial score (nSPS) is 20.9. The third-order valence-corrected chi connectivity index (χ3v) is 4.02. The van der Waals surface area contributed by atoms with Crippen LogP contribution in [0.4, 0.5) is 10.1 Å². The van der Waals surface area contributed by atoms with E-state index in [1.54, 1.807) is 0 Å². The number of benzene rings is 1. The number of rotatable bonds is 5. The van der Waals surface area contributed by atoms with E-state index in [1.165, 1.54) is 6.07 Å². The van der Waals surface area contributed by atoms with Crippen LogP contribution in [0.3, 0.4) is 0 Å². The summed E-state index contributed by atoms with van der Waals surface area (Å²) in [5.74, 6) is -3.88. The lowest BCUT2D eigenvalue weighted by Crippen LogP contribution is -2.18. The molecule has 0 saturated heterocycles. The summed E-state index contributed by atoms with van der Waals surface area (Å²) in [6.45, 7) is 0. The molecule has 114 valence electrons. The second-order valence-electron chi connectivity index (χ2n) is 5.15. The van der Waals surface area contributed by atoms with Crippen LogP contribution in [0, 0.1) is 17.7 Å². The van der Waals surface area contributed by atoms with E-state index < -0.39 is 45.1 Å². The Bertz CT molecular complexity index is 701. The monoisotopic (exact) mass is 315 g/mol. The summed E-state index contributed by atoms with van der Waals surface area (Å²) in [5.41, 5.74) is 0.321. The maximum absolute atomic E-state index is 13.2. The Kier molecular flexibility index (Phi) is 3.99. The lowest BCUT2D eigenvalue weighted by Gasteiger charge is -2.10. The van der Waals surface area contributed by atoms with Crippen molar-refractivity contribution in [2.24, 2.45) is 11.8 Å². The zero-order chi connectivity index (χ0) is 15.8. The van der Waals surface area contributed by atoms with Crippen molar-refractivity contribution in [3.05, 3.63) is 29.6 Å². The number of carbonyl (C=O) groups is 2. The van der Waals surface area contributed by atoms with Crippen molar-refractivity contribution in [1.82, 2.24) is 0 Å². The lowest BCUT2D eigenvalue weighted by molar-refractivity contribution is -0.139. The molecule has 1 saturated carbocycles. The van der Waals surface area contributed by atoms with Crippen molar-refractivity contribution < 1.29 is 27.5 Å². The van der Waals surface area contributed by atoms with E-state index in [9.17, 15) is 22.4 Å². The molecule has 0 aromatic heterocycles. The number of carbonyl (C=O) groups excluding carboxylic acids is 1. The van der Waals surface area contributed by atoms with Gasteiger partial charge in [-0.3, -0.25) is 9.59 Å². The number of anilines is 1. The van der Waals surface area contributed by atoms with Crippen LogP contribution in [0.2, 0.25) is 0 Å². The van der Waals surface area contributed by atoms with Crippen molar-refractivity contribution in [3.8, 4) is 0 Å². The van der Waals surface area contributed by atoms with E-state index in [0.29, 0.717) is 0 Å². The van der Waals surface area contributed by atoms with Gasteiger partial charge in [0.2, 0.25) is 5.91 Å². The predicted octanol–water partition coefficient (Wildman–Crippen LogP) is 1.03. The van der Waals surface area contributed by atoms with Crippen molar-refractivity contribution in [2.45, 2.75) is 12.2 Å². The molecule has 0 spiro atoms. The van der Waals surface area contributed by atoms with Crippen LogP contribution < -0.4 is 5.32 Å². The van der Waals surface area contributed by atoms with Gasteiger partial charge in [0.15, 0.2) is 9.84 Å². The molecule has 2 rings (SSSR count). The Labute approximate surface area is 120 Å². The first-order valence-corrected chi connectivity index (χ1v) is 8.23. The summed E-state index contributed by atoms with van der Waals surface area (Å²) < 4.78 is 35.9. The van der Waals surface area contributed by atoms with Gasteiger partial charge in [-0.2, -0.15) is 0 Å². The zero-order valence-electron chi connectivity index (χ0n) is 11.2. The first-order valence-electron chi connectivity index (χ1n) is 6.17. The number of sulfone groups is 1. The first kappa shape index (κ1) is 15.4. The predicted molar refractivity (Wildman–Crippen MR) is 72.8 cm³/mol. The highest BCUT2D eigenvalue weighted by Crippen LogP contribution is 2.39. The van der Waals surface area contributed by atoms with E-state index in [0.717, 1.165) is 18.4 Å². The molecule has 0 bridgehead atoms. The van der Waals surface area contributed by atoms with E-state index in [2.05, 4.69) is 5.32 Å². The summed E-state index contributed by atoms with van der Waals surface area (Å²) >= 11 is 0. The molecule has 2 N–H and O–H groups in total. The van der Waals surface area contributed by atoms with E-state index in [1.807, 2.05) is 0 Å². The molecule has 1 aliphatic rings. The van der Waals surface area contributed by atoms with Gasteiger partial charge in [0.1, 0.15) is 5.82 Å². The summed E-state index contributed by atoms with van der Waals surface area (Å²) in [6.07, 6.45) is 1.26. The van der Waals surface area contributed by atoms with Gasteiger partial charge in [0, 0.05) is 11.9 Å². The van der Waals surface area contributed by atoms with Crippen LogP contribution in [0.1, 0.15) is 12.0 Å². The number of carboxylic acid groups (broad SMARTS) is 1. The fourth-order valence-corrected chi connectivity index (χ4v) is 2.87. The number of carboxylic acids is 1. The molecule has 21 heavy (non-hydrogen) atoms. The fourth-order valence-electron chi connectivity index (χ4n) is 2.07. The van der Waals surface area contributed by atoms with Crippen molar-refractivity contribution >= 4 is 27.4 Å². The molecular weight excluding hydrogens is 301 g/mol. The Morgan fingerprint density at radius 1 is 1.38 bits per heavy atom. The van der Waals surface area contributed by atoms with Crippen LogP contribution in [-0.2, 0) is 25.2 Å². The minimum atomic E-state index is -3.39. The molecule has 2 unspecified atom stereocenters. The summed E-state index contributed by atoms with van der Waals surface area (Å²) in [4.78, 5) is 22.6. The van der Waals surface area contributed by atoms with Crippen LogP contribution >= 0.6 is 0 Å². The van der Waals surface area contributed by atoms with Gasteiger partial charge in [0.05, 0.1) is 17.6 Å². The molecule has 0 aliphatic heterocycles. The SMILES string of the molecule is CS(=O)(=O)Cc1cc(F)ccc1NC(=O)C1CC1C(=O)O. The standard InChI is InChI=1S/C13H14FNO5S/c1-21(19,20)6-7-4-8(14)2-3-11(7)15-12(16)9-5-10(9)13(17)18/h2-4,9-10H,5-6H2,1H3,(H,15,16)(H,17,18). The topological polar surface area (TPSA) is 101 Å². The Morgan fingerprint density at radius 2 is 2.05 bits per heavy atom. The van der Waals surface area contributed by atoms with Crippen LogP contribution in [0.15, 0.2) is 18.2 Å². The molecule has 1 amide bonds. The molecule has 1 aromatic carbocycles. The molecular formula is C13H14FNO5S. The molecule has 2 atom stereocenters. The number of hydrogen-bond donors (Lipinski definition) is 2. The Balaban J connectivity index is 2.16. The van der Waals surface area contributed by atoms with Gasteiger partial charge in [-0.05, 0) is 30.2 Å². The van der Waals surface area contributed by atoms with Crippen LogP contribution in [0.25, 0.3) is 0 Å². The van der Waals surface area contributed by atoms with Crippen LogP contribution in [-0.4, -0.2) is 31.7 Å². The van der Waals surface area contributed by atoms with E-state index >= 15 is 0 Å². The smallest absolute Gasteiger partial charge is 0.307 e. The largest absolute Gasteiger partial charge is 0.481 e. The first-order chi connectivity index (χ1) is 9.67. The van der Waals surface area contributed by atoms with E-state index in [-0.39, 0.29) is 17.7 Å².